The Hall–Kier alpha value is -2.22. The summed E-state index contributed by atoms with van der Waals surface area (Å²) in [4.78, 5) is 33.2. The summed E-state index contributed by atoms with van der Waals surface area (Å²) in [5, 5.41) is 9.85. The van der Waals surface area contributed by atoms with Crippen LogP contribution in [0.5, 0.6) is 0 Å². The molecule has 1 amide bonds. The molecule has 0 radical (unpaired) electrons. The molecule has 1 fully saturated rings. The van der Waals surface area contributed by atoms with Gasteiger partial charge >= 0.3 is 0 Å². The molecule has 7 nitrogen and oxygen atoms in total. The number of halogens is 1. The van der Waals surface area contributed by atoms with Crippen LogP contribution in [0.4, 0.5) is 0 Å². The number of aromatic amines is 1. The number of hydrogen-bond acceptors (Lipinski definition) is 5. The van der Waals surface area contributed by atoms with Crippen LogP contribution in [-0.4, -0.2) is 39.0 Å². The number of nitrogens with one attached hydrogen (secondary N) is 1. The fourth-order valence-corrected chi connectivity index (χ4v) is 3.78. The number of carbonyl (C=O) groups excluding carboxylic acids is 1. The SMILES string of the molecule is CC(C(N)=O)(c1ccc(Cl)cn1)N1CCC[C@@H](c2c[nH]c(=O)c(CO)c2)C1. The molecule has 1 saturated heterocycles. The maximum atomic E-state index is 12.4. The Morgan fingerprint density at radius 2 is 2.30 bits per heavy atom. The van der Waals surface area contributed by atoms with E-state index in [1.54, 1.807) is 31.3 Å². The largest absolute Gasteiger partial charge is 0.391 e. The zero-order chi connectivity index (χ0) is 19.6. The minimum atomic E-state index is -1.06. The zero-order valence-electron chi connectivity index (χ0n) is 15.1. The van der Waals surface area contributed by atoms with Crippen LogP contribution >= 0.6 is 11.6 Å². The predicted molar refractivity (Wildman–Crippen MR) is 102 cm³/mol. The lowest BCUT2D eigenvalue weighted by Gasteiger charge is -2.43. The Morgan fingerprint density at radius 3 is 2.93 bits per heavy atom. The first-order chi connectivity index (χ1) is 12.9. The summed E-state index contributed by atoms with van der Waals surface area (Å²) >= 11 is 5.93. The summed E-state index contributed by atoms with van der Waals surface area (Å²) in [7, 11) is 0. The van der Waals surface area contributed by atoms with Crippen LogP contribution in [0.15, 0.2) is 35.4 Å². The second kappa shape index (κ2) is 7.80. The smallest absolute Gasteiger partial charge is 0.253 e. The Kier molecular flexibility index (Phi) is 5.64. The number of pyridine rings is 2. The number of aliphatic hydroxyl groups excluding tert-OH is 1. The summed E-state index contributed by atoms with van der Waals surface area (Å²) < 4.78 is 0. The third kappa shape index (κ3) is 3.76. The lowest BCUT2D eigenvalue weighted by molar-refractivity contribution is -0.131. The first-order valence-corrected chi connectivity index (χ1v) is 9.23. The molecule has 0 bridgehead atoms. The van der Waals surface area contributed by atoms with Gasteiger partial charge in [0.05, 0.1) is 17.3 Å². The van der Waals surface area contributed by atoms with Crippen LogP contribution in [-0.2, 0) is 16.9 Å². The number of nitrogens with two attached hydrogens (primary N) is 1. The van der Waals surface area contributed by atoms with Gasteiger partial charge in [0.25, 0.3) is 5.56 Å². The molecule has 2 aromatic heterocycles. The molecule has 2 atom stereocenters. The molecular formula is C19H23ClN4O3. The molecule has 0 aliphatic carbocycles. The maximum absolute atomic E-state index is 12.4. The van der Waals surface area contributed by atoms with E-state index in [4.69, 9.17) is 17.3 Å². The average molecular weight is 391 g/mol. The van der Waals surface area contributed by atoms with E-state index < -0.39 is 11.4 Å². The van der Waals surface area contributed by atoms with Crippen LogP contribution in [0.3, 0.4) is 0 Å². The van der Waals surface area contributed by atoms with Crippen molar-refractivity contribution in [1.29, 1.82) is 0 Å². The van der Waals surface area contributed by atoms with Crippen molar-refractivity contribution in [3.05, 3.63) is 62.8 Å². The molecule has 4 N–H and O–H groups in total. The van der Waals surface area contributed by atoms with E-state index in [1.165, 1.54) is 6.20 Å². The molecular weight excluding hydrogens is 368 g/mol. The monoisotopic (exact) mass is 390 g/mol. The second-order valence-corrected chi connectivity index (χ2v) is 7.47. The van der Waals surface area contributed by atoms with E-state index >= 15 is 0 Å². The molecule has 0 spiro atoms. The molecule has 2 aromatic rings. The standard InChI is InChI=1S/C19H23ClN4O3/c1-19(18(21)27,16-5-4-15(20)9-22-16)24-6-2-3-12(10-24)13-7-14(11-25)17(26)23-8-13/h4-5,7-9,12,25H,2-3,6,10-11H2,1H3,(H2,21,27)(H,23,26)/t12-,19?/m1/s1. The third-order valence-corrected chi connectivity index (χ3v) is 5.63. The van der Waals surface area contributed by atoms with Crippen LogP contribution < -0.4 is 11.3 Å². The Labute approximate surface area is 162 Å². The summed E-state index contributed by atoms with van der Waals surface area (Å²) in [5.41, 5.74) is 6.25. The van der Waals surface area contributed by atoms with Crippen LogP contribution in [0, 0.1) is 0 Å². The van der Waals surface area contributed by atoms with Crippen molar-refractivity contribution in [1.82, 2.24) is 14.9 Å². The van der Waals surface area contributed by atoms with E-state index in [2.05, 4.69) is 9.97 Å². The number of rotatable bonds is 5. The van der Waals surface area contributed by atoms with Crippen LogP contribution in [0.2, 0.25) is 5.02 Å². The molecule has 144 valence electrons. The fraction of sp³-hybridized carbons (Fsp3) is 0.421. The molecule has 0 aromatic carbocycles. The molecule has 3 rings (SSSR count). The van der Waals surface area contributed by atoms with E-state index in [1.807, 2.05) is 4.90 Å². The zero-order valence-corrected chi connectivity index (χ0v) is 15.9. The molecule has 0 saturated carbocycles. The number of H-pyrrole nitrogens is 1. The topological polar surface area (TPSA) is 112 Å². The van der Waals surface area contributed by atoms with Gasteiger partial charge in [-0.25, -0.2) is 0 Å². The van der Waals surface area contributed by atoms with Crippen molar-refractivity contribution in [2.24, 2.45) is 5.73 Å². The van der Waals surface area contributed by atoms with Crippen LogP contribution in [0.25, 0.3) is 0 Å². The van der Waals surface area contributed by atoms with Gasteiger partial charge in [-0.15, -0.1) is 0 Å². The quantitative estimate of drug-likeness (QED) is 0.716. The highest BCUT2D eigenvalue weighted by atomic mass is 35.5. The molecule has 3 heterocycles. The van der Waals surface area contributed by atoms with Gasteiger partial charge in [-0.2, -0.15) is 0 Å². The maximum Gasteiger partial charge on any atom is 0.253 e. The molecule has 8 heteroatoms. The number of primary amides is 1. The normalized spacial score (nSPS) is 20.2. The first-order valence-electron chi connectivity index (χ1n) is 8.85. The van der Waals surface area contributed by atoms with E-state index in [-0.39, 0.29) is 18.1 Å². The first kappa shape index (κ1) is 19.5. The van der Waals surface area contributed by atoms with E-state index in [0.717, 1.165) is 18.4 Å². The van der Waals surface area contributed by atoms with Gasteiger partial charge in [0.1, 0.15) is 5.54 Å². The predicted octanol–water partition coefficient (Wildman–Crippen LogP) is 1.50. The summed E-state index contributed by atoms with van der Waals surface area (Å²) in [5.74, 6) is -0.373. The summed E-state index contributed by atoms with van der Waals surface area (Å²) in [6.45, 7) is 2.75. The number of aromatic nitrogens is 2. The number of carbonyl (C=O) groups is 1. The number of amides is 1. The lowest BCUT2D eigenvalue weighted by Crippen LogP contribution is -2.56. The summed E-state index contributed by atoms with van der Waals surface area (Å²) in [6.07, 6.45) is 4.97. The van der Waals surface area contributed by atoms with E-state index in [0.29, 0.717) is 29.4 Å². The lowest BCUT2D eigenvalue weighted by atomic mass is 9.85. The Balaban J connectivity index is 1.92. The van der Waals surface area contributed by atoms with Crippen molar-refractivity contribution < 1.29 is 9.90 Å². The second-order valence-electron chi connectivity index (χ2n) is 7.03. The fourth-order valence-electron chi connectivity index (χ4n) is 3.67. The van der Waals surface area contributed by atoms with Gasteiger partial charge in [0.2, 0.25) is 5.91 Å². The number of likely N-dealkylation sites (tertiary alicyclic amines) is 1. The van der Waals surface area contributed by atoms with Gasteiger partial charge in [-0.1, -0.05) is 11.6 Å². The Morgan fingerprint density at radius 1 is 1.52 bits per heavy atom. The van der Waals surface area contributed by atoms with E-state index in [9.17, 15) is 14.7 Å². The molecule has 1 aliphatic rings. The average Bonchev–Trinajstić information content (AvgIpc) is 2.68. The highest BCUT2D eigenvalue weighted by Gasteiger charge is 2.43. The van der Waals surface area contributed by atoms with Crippen LogP contribution in [0.1, 0.15) is 42.5 Å². The number of piperidine rings is 1. The minimum absolute atomic E-state index is 0.104. The van der Waals surface area contributed by atoms with Crippen molar-refractivity contribution in [3.63, 3.8) is 0 Å². The Bertz CT molecular complexity index is 883. The number of aliphatic hydroxyl groups is 1. The van der Waals surface area contributed by atoms with Gasteiger partial charge < -0.3 is 15.8 Å². The van der Waals surface area contributed by atoms with Crippen molar-refractivity contribution in [3.8, 4) is 0 Å². The van der Waals surface area contributed by atoms with Crippen molar-refractivity contribution in [2.45, 2.75) is 37.8 Å². The highest BCUT2D eigenvalue weighted by Crippen LogP contribution is 2.35. The van der Waals surface area contributed by atoms with Gasteiger partial charge in [-0.05, 0) is 56.0 Å². The van der Waals surface area contributed by atoms with Crippen molar-refractivity contribution >= 4 is 17.5 Å². The third-order valence-electron chi connectivity index (χ3n) is 5.40. The number of nitrogens with zero attached hydrogens (tertiary/aromatic N) is 2. The van der Waals surface area contributed by atoms with Gasteiger partial charge in [-0.3, -0.25) is 19.5 Å². The highest BCUT2D eigenvalue weighted by molar-refractivity contribution is 6.30. The van der Waals surface area contributed by atoms with Gasteiger partial charge in [0.15, 0.2) is 0 Å². The van der Waals surface area contributed by atoms with Crippen molar-refractivity contribution in [2.75, 3.05) is 13.1 Å². The molecule has 27 heavy (non-hydrogen) atoms. The number of hydrogen-bond donors (Lipinski definition) is 3. The molecule has 1 aliphatic heterocycles. The molecule has 1 unspecified atom stereocenters. The summed E-state index contributed by atoms with van der Waals surface area (Å²) in [6, 6.07) is 5.15. The minimum Gasteiger partial charge on any atom is -0.391 e. The van der Waals surface area contributed by atoms with Gasteiger partial charge in [0, 0.05) is 24.5 Å².